The average Bonchev–Trinajstić information content (AvgIpc) is 2.94. The van der Waals surface area contributed by atoms with Gasteiger partial charge in [0.05, 0.1) is 0 Å². The molecular weight excluding hydrogens is 274 g/mol. The highest BCUT2D eigenvalue weighted by Crippen LogP contribution is 2.36. The van der Waals surface area contributed by atoms with Crippen molar-refractivity contribution in [2.24, 2.45) is 0 Å². The number of nitrogens with zero attached hydrogens (tertiary/aromatic N) is 3. The number of rotatable bonds is 2. The third-order valence-corrected chi connectivity index (χ3v) is 4.39. The Morgan fingerprint density at radius 3 is 3.15 bits per heavy atom. The number of fused-ring (bicyclic) bond motifs is 1. The molecule has 0 radical (unpaired) electrons. The van der Waals surface area contributed by atoms with Crippen molar-refractivity contribution in [3.05, 3.63) is 45.9 Å². The molecule has 1 aliphatic rings. The fourth-order valence-electron chi connectivity index (χ4n) is 2.52. The molecule has 1 unspecified atom stereocenters. The van der Waals surface area contributed by atoms with E-state index in [-0.39, 0.29) is 0 Å². The van der Waals surface area contributed by atoms with E-state index in [1.807, 2.05) is 22.4 Å². The summed E-state index contributed by atoms with van der Waals surface area (Å²) in [6.45, 7) is 0.624. The average molecular weight is 285 g/mol. The Bertz CT molecular complexity index is 704. The molecule has 5 nitrogen and oxygen atoms in total. The van der Waals surface area contributed by atoms with Gasteiger partial charge < -0.3 is 10.0 Å². The van der Waals surface area contributed by atoms with Gasteiger partial charge in [-0.15, -0.1) is 11.3 Å². The minimum Gasteiger partial charge on any atom is -0.479 e. The van der Waals surface area contributed by atoms with Crippen LogP contribution in [0.4, 0.5) is 5.69 Å². The number of thiophene rings is 1. The van der Waals surface area contributed by atoms with Crippen LogP contribution >= 0.6 is 11.3 Å². The standard InChI is InChI=1S/C14H11N3O2S/c15-8-9-7-10(1-4-16-9)17-5-2-12-11(3-6-20-12)13(17)14(18)19/h1,3-4,6-7,13H,2,5H2,(H,18,19). The van der Waals surface area contributed by atoms with Gasteiger partial charge in [0, 0.05) is 23.3 Å². The quantitative estimate of drug-likeness (QED) is 0.915. The number of hydrogen-bond acceptors (Lipinski definition) is 5. The molecule has 0 aromatic carbocycles. The SMILES string of the molecule is N#Cc1cc(N2CCc3sccc3C2C(=O)O)ccn1. The first-order valence-corrected chi connectivity index (χ1v) is 7.00. The van der Waals surface area contributed by atoms with Gasteiger partial charge in [-0.05, 0) is 35.6 Å². The van der Waals surface area contributed by atoms with E-state index in [2.05, 4.69) is 4.98 Å². The molecule has 100 valence electrons. The zero-order valence-corrected chi connectivity index (χ0v) is 11.3. The summed E-state index contributed by atoms with van der Waals surface area (Å²) in [5.74, 6) is -0.875. The maximum Gasteiger partial charge on any atom is 0.331 e. The third-order valence-electron chi connectivity index (χ3n) is 3.39. The molecule has 0 aliphatic carbocycles. The van der Waals surface area contributed by atoms with Crippen molar-refractivity contribution >= 4 is 23.0 Å². The maximum absolute atomic E-state index is 11.6. The molecular formula is C14H11N3O2S. The zero-order chi connectivity index (χ0) is 14.1. The molecule has 0 fully saturated rings. The summed E-state index contributed by atoms with van der Waals surface area (Å²) < 4.78 is 0. The first-order chi connectivity index (χ1) is 9.70. The van der Waals surface area contributed by atoms with E-state index < -0.39 is 12.0 Å². The lowest BCUT2D eigenvalue weighted by Crippen LogP contribution is -2.39. The predicted molar refractivity (Wildman–Crippen MR) is 74.7 cm³/mol. The number of hydrogen-bond donors (Lipinski definition) is 1. The summed E-state index contributed by atoms with van der Waals surface area (Å²) in [5, 5.41) is 20.4. The van der Waals surface area contributed by atoms with E-state index in [9.17, 15) is 9.90 Å². The minimum atomic E-state index is -0.875. The molecule has 0 bridgehead atoms. The number of aromatic nitrogens is 1. The van der Waals surface area contributed by atoms with Crippen LogP contribution in [0, 0.1) is 11.3 Å². The summed E-state index contributed by atoms with van der Waals surface area (Å²) in [6.07, 6.45) is 2.36. The smallest absolute Gasteiger partial charge is 0.331 e. The Morgan fingerprint density at radius 2 is 2.40 bits per heavy atom. The van der Waals surface area contributed by atoms with Crippen LogP contribution in [-0.2, 0) is 11.2 Å². The molecule has 0 amide bonds. The predicted octanol–water partition coefficient (Wildman–Crippen LogP) is 2.20. The molecule has 6 heteroatoms. The van der Waals surface area contributed by atoms with Crippen molar-refractivity contribution in [1.82, 2.24) is 4.98 Å². The van der Waals surface area contributed by atoms with E-state index in [0.717, 1.165) is 22.5 Å². The summed E-state index contributed by atoms with van der Waals surface area (Å²) in [7, 11) is 0. The van der Waals surface area contributed by atoms with Gasteiger partial charge in [0.1, 0.15) is 11.8 Å². The van der Waals surface area contributed by atoms with E-state index in [0.29, 0.717) is 12.2 Å². The van der Waals surface area contributed by atoms with Crippen LogP contribution in [0.25, 0.3) is 0 Å². The van der Waals surface area contributed by atoms with Crippen LogP contribution in [-0.4, -0.2) is 22.6 Å². The Hall–Kier alpha value is -2.39. The van der Waals surface area contributed by atoms with Gasteiger partial charge in [-0.3, -0.25) is 0 Å². The number of aliphatic carboxylic acids is 1. The lowest BCUT2D eigenvalue weighted by molar-refractivity contribution is -0.138. The molecule has 1 aliphatic heterocycles. The number of carbonyl (C=O) groups is 1. The molecule has 1 N–H and O–H groups in total. The molecule has 2 aromatic heterocycles. The molecule has 1 atom stereocenters. The highest BCUT2D eigenvalue weighted by Gasteiger charge is 2.33. The Balaban J connectivity index is 2.05. The van der Waals surface area contributed by atoms with Gasteiger partial charge in [0.2, 0.25) is 0 Å². The number of carboxylic acid groups (broad SMARTS) is 1. The number of nitriles is 1. The third kappa shape index (κ3) is 2.02. The number of anilines is 1. The van der Waals surface area contributed by atoms with Crippen LogP contribution in [0.1, 0.15) is 22.2 Å². The van der Waals surface area contributed by atoms with Crippen molar-refractivity contribution in [3.8, 4) is 6.07 Å². The fraction of sp³-hybridized carbons (Fsp3) is 0.214. The highest BCUT2D eigenvalue weighted by atomic mass is 32.1. The molecule has 0 saturated carbocycles. The van der Waals surface area contributed by atoms with Crippen LogP contribution in [0.3, 0.4) is 0 Å². The highest BCUT2D eigenvalue weighted by molar-refractivity contribution is 7.10. The number of pyridine rings is 1. The molecule has 3 rings (SSSR count). The molecule has 2 aromatic rings. The van der Waals surface area contributed by atoms with Crippen molar-refractivity contribution < 1.29 is 9.90 Å². The first kappa shape index (κ1) is 12.6. The second-order valence-electron chi connectivity index (χ2n) is 4.49. The first-order valence-electron chi connectivity index (χ1n) is 6.12. The van der Waals surface area contributed by atoms with Gasteiger partial charge in [-0.25, -0.2) is 9.78 Å². The van der Waals surface area contributed by atoms with Gasteiger partial charge in [0.15, 0.2) is 6.04 Å². The van der Waals surface area contributed by atoms with Crippen molar-refractivity contribution in [1.29, 1.82) is 5.26 Å². The van der Waals surface area contributed by atoms with Gasteiger partial charge in [-0.1, -0.05) is 0 Å². The zero-order valence-electron chi connectivity index (χ0n) is 10.5. The van der Waals surface area contributed by atoms with Gasteiger partial charge >= 0.3 is 5.97 Å². The van der Waals surface area contributed by atoms with Gasteiger partial charge in [-0.2, -0.15) is 5.26 Å². The lowest BCUT2D eigenvalue weighted by atomic mass is 9.99. The monoisotopic (exact) mass is 285 g/mol. The minimum absolute atomic E-state index is 0.294. The molecule has 0 saturated heterocycles. The van der Waals surface area contributed by atoms with Crippen molar-refractivity contribution in [3.63, 3.8) is 0 Å². The van der Waals surface area contributed by atoms with E-state index in [1.165, 1.54) is 6.20 Å². The summed E-state index contributed by atoms with van der Waals surface area (Å²) in [5.41, 5.74) is 1.87. The second-order valence-corrected chi connectivity index (χ2v) is 5.50. The van der Waals surface area contributed by atoms with Crippen LogP contribution in [0.5, 0.6) is 0 Å². The van der Waals surface area contributed by atoms with E-state index >= 15 is 0 Å². The Morgan fingerprint density at radius 1 is 1.55 bits per heavy atom. The van der Waals surface area contributed by atoms with Crippen molar-refractivity contribution in [2.75, 3.05) is 11.4 Å². The molecule has 0 spiro atoms. The maximum atomic E-state index is 11.6. The van der Waals surface area contributed by atoms with E-state index in [4.69, 9.17) is 5.26 Å². The lowest BCUT2D eigenvalue weighted by Gasteiger charge is -2.34. The fourth-order valence-corrected chi connectivity index (χ4v) is 3.42. The Labute approximate surface area is 119 Å². The van der Waals surface area contributed by atoms with Gasteiger partial charge in [0.25, 0.3) is 0 Å². The van der Waals surface area contributed by atoms with Crippen LogP contribution < -0.4 is 4.90 Å². The van der Waals surface area contributed by atoms with Crippen molar-refractivity contribution in [2.45, 2.75) is 12.5 Å². The molecule has 3 heterocycles. The summed E-state index contributed by atoms with van der Waals surface area (Å²) >= 11 is 1.60. The topological polar surface area (TPSA) is 77.2 Å². The number of carboxylic acids is 1. The molecule has 20 heavy (non-hydrogen) atoms. The summed E-state index contributed by atoms with van der Waals surface area (Å²) in [4.78, 5) is 18.5. The largest absolute Gasteiger partial charge is 0.479 e. The normalized spacial score (nSPS) is 17.4. The van der Waals surface area contributed by atoms with Crippen LogP contribution in [0.15, 0.2) is 29.8 Å². The summed E-state index contributed by atoms with van der Waals surface area (Å²) in [6, 6.07) is 6.53. The van der Waals surface area contributed by atoms with Crippen LogP contribution in [0.2, 0.25) is 0 Å². The second kappa shape index (κ2) is 4.94. The van der Waals surface area contributed by atoms with E-state index in [1.54, 1.807) is 23.5 Å². The Kier molecular flexibility index (Phi) is 3.12.